The molecule has 0 aromatic rings. The van der Waals surface area contributed by atoms with Gasteiger partial charge >= 0.3 is 0 Å². The summed E-state index contributed by atoms with van der Waals surface area (Å²) in [5.74, 6) is 0. The Hall–Kier alpha value is -1.46. The maximum absolute atomic E-state index is 3.33. The third kappa shape index (κ3) is 36.8. The van der Waals surface area contributed by atoms with Crippen molar-refractivity contribution in [2.24, 2.45) is 0 Å². The number of nitrogens with zero attached hydrogens (tertiary/aromatic N) is 11. The molecule has 17 nitrogen and oxygen atoms in total. The van der Waals surface area contributed by atoms with Gasteiger partial charge in [0.25, 0.3) is 0 Å². The third-order valence-corrected chi connectivity index (χ3v) is 20.3. The van der Waals surface area contributed by atoms with E-state index < -0.39 is 0 Å². The third-order valence-electron chi connectivity index (χ3n) is 20.3. The second-order valence-corrected chi connectivity index (χ2v) is 29.7. The Bertz CT molecular complexity index is 1830. The fourth-order valence-corrected chi connectivity index (χ4v) is 13.0. The lowest BCUT2D eigenvalue weighted by molar-refractivity contribution is 0.0991. The lowest BCUT2D eigenvalue weighted by Gasteiger charge is -2.39. The van der Waals surface area contributed by atoms with E-state index in [1.807, 2.05) is 42.3 Å². The number of nitrogens with one attached hydrogen (secondary N) is 6. The van der Waals surface area contributed by atoms with Gasteiger partial charge in [0.2, 0.25) is 0 Å². The van der Waals surface area contributed by atoms with Crippen molar-refractivity contribution in [3.63, 3.8) is 0 Å². The SMILES string of the molecule is CC1=CC(N(C)C)CC1.CN(C)C[C@@H]1CCCN1C.CN(C)C[C@H]1CCN1C.CN1CC[C@H](N(C)C)C1.CNC1(C)C=C(C)CC1.CNC1C=C(C)CC1.CNC[C@@H]1CCCN1C.CNC[C@H]1CCN1C.CN[C@H]1CCN(C)C1.CN[C@]1(C)CCN(C)C1. The highest BCUT2D eigenvalue weighted by Gasteiger charge is 2.30. The molecule has 3 aliphatic carbocycles. The topological polar surface area (TPSA) is 108 Å². The monoisotopic (exact) mass is 1240 g/mol. The van der Waals surface area contributed by atoms with Crippen molar-refractivity contribution in [1.82, 2.24) is 85.8 Å². The van der Waals surface area contributed by atoms with Gasteiger partial charge in [-0.15, -0.1) is 0 Å². The van der Waals surface area contributed by atoms with Crippen LogP contribution in [-0.2, 0) is 0 Å². The molecule has 6 N–H and O–H groups in total. The number of rotatable bonds is 14. The van der Waals surface area contributed by atoms with Crippen LogP contribution >= 0.6 is 0 Å². The molecule has 10 rings (SSSR count). The average Bonchev–Trinajstić information content (AvgIpc) is 4.44. The second-order valence-electron chi connectivity index (χ2n) is 29.7. The molecule has 0 spiro atoms. The van der Waals surface area contributed by atoms with Crippen molar-refractivity contribution < 1.29 is 0 Å². The van der Waals surface area contributed by atoms with Gasteiger partial charge in [0.15, 0.2) is 0 Å². The molecular formula is C71H153N17. The molecule has 88 heavy (non-hydrogen) atoms. The van der Waals surface area contributed by atoms with Crippen LogP contribution in [0.3, 0.4) is 0 Å². The molecule has 3 unspecified atom stereocenters. The molecule has 10 aliphatic rings. The van der Waals surface area contributed by atoms with Crippen molar-refractivity contribution in [3.05, 3.63) is 34.9 Å². The predicted octanol–water partition coefficient (Wildman–Crippen LogP) is 6.24. The Morgan fingerprint density at radius 1 is 0.466 bits per heavy atom. The second kappa shape index (κ2) is 46.6. The Morgan fingerprint density at radius 2 is 0.966 bits per heavy atom. The minimum atomic E-state index is 0.296. The van der Waals surface area contributed by atoms with Crippen molar-refractivity contribution in [2.75, 3.05) is 240 Å². The summed E-state index contributed by atoms with van der Waals surface area (Å²) in [4.78, 5) is 25.8. The minimum Gasteiger partial charge on any atom is -0.318 e. The smallest absolute Gasteiger partial charge is 0.0338 e. The summed E-state index contributed by atoms with van der Waals surface area (Å²) in [6, 6.07) is 6.19. The van der Waals surface area contributed by atoms with Crippen LogP contribution in [-0.4, -0.2) is 353 Å². The van der Waals surface area contributed by atoms with Crippen LogP contribution < -0.4 is 31.9 Å². The number of allylic oxidation sites excluding steroid dienone is 3. The molecule has 522 valence electrons. The number of hydrogen-bond acceptors (Lipinski definition) is 17. The lowest BCUT2D eigenvalue weighted by Crippen LogP contribution is -2.49. The van der Waals surface area contributed by atoms with Crippen molar-refractivity contribution in [1.29, 1.82) is 0 Å². The van der Waals surface area contributed by atoms with Crippen LogP contribution in [0, 0.1) is 0 Å². The molecule has 7 heterocycles. The highest BCUT2D eigenvalue weighted by Crippen LogP contribution is 2.27. The van der Waals surface area contributed by atoms with E-state index in [0.29, 0.717) is 23.2 Å². The summed E-state index contributed by atoms with van der Waals surface area (Å²) in [5.41, 5.74) is 5.28. The lowest BCUT2D eigenvalue weighted by atomic mass is 10.0. The van der Waals surface area contributed by atoms with Gasteiger partial charge in [-0.1, -0.05) is 34.9 Å². The van der Waals surface area contributed by atoms with Gasteiger partial charge in [0, 0.05) is 105 Å². The van der Waals surface area contributed by atoms with Crippen LogP contribution in [0.25, 0.3) is 0 Å². The molecule has 0 amide bonds. The van der Waals surface area contributed by atoms with Gasteiger partial charge in [0.1, 0.15) is 0 Å². The summed E-state index contributed by atoms with van der Waals surface area (Å²) in [6.07, 6.45) is 26.9. The molecule has 7 fully saturated rings. The molecule has 0 radical (unpaired) electrons. The van der Waals surface area contributed by atoms with Gasteiger partial charge in [-0.05, 0) is 325 Å². The van der Waals surface area contributed by atoms with Gasteiger partial charge in [-0.3, -0.25) is 0 Å². The summed E-state index contributed by atoms with van der Waals surface area (Å²) < 4.78 is 0. The van der Waals surface area contributed by atoms with Gasteiger partial charge < -0.3 is 85.8 Å². The highest BCUT2D eigenvalue weighted by molar-refractivity contribution is 5.18. The molecule has 0 aromatic carbocycles. The van der Waals surface area contributed by atoms with E-state index in [-0.39, 0.29) is 0 Å². The predicted molar refractivity (Wildman–Crippen MR) is 389 cm³/mol. The van der Waals surface area contributed by atoms with E-state index in [2.05, 4.69) is 244 Å². The van der Waals surface area contributed by atoms with Crippen LogP contribution in [0.15, 0.2) is 34.9 Å². The van der Waals surface area contributed by atoms with E-state index in [1.165, 1.54) is 186 Å². The zero-order chi connectivity index (χ0) is 66.6. The first-order chi connectivity index (χ1) is 41.5. The molecule has 7 saturated heterocycles. The standard InChI is InChI=1S/C8H18N2.2C8H15N.4C7H16N2.C7H13N.2C6H14N2/c1-9(2)7-8-5-4-6-10(8)3;1-7-4-5-8(6-7)9(2)3;1-7-4-5-8(2,6-7)9-3;1-8(2)7-4-5-9(3)6-7;1-8(2)6-7-4-5-9(7)3;1-7(8-2)4-5-9(3)6-7;1-8-6-7-4-3-5-9(7)2;1-6-3-4-7(5-6)8-2;1-7-6-3-4-8(2)5-6;1-7-5-6-3-4-8(6)2/h8H,4-7H2,1-3H3;6,8H,4-5H2,1-3H3;6,9H,4-5H2,1-3H3;2*7H,4-6H2,1-3H3;8H,4-6H2,1-3H3;7-8H,3-6H2,1-2H3;5,7-8H,3-4H2,1-2H3;2*6-7H,3-5H2,1-2H3/t8-;;;4*7-;;2*6-/m0..0110.01/s1. The summed E-state index contributed by atoms with van der Waals surface area (Å²) in [5, 5.41) is 19.5. The Kier molecular flexibility index (Phi) is 44.8. The van der Waals surface area contributed by atoms with Crippen LogP contribution in [0.4, 0.5) is 0 Å². The molecule has 7 aliphatic heterocycles. The van der Waals surface area contributed by atoms with Crippen LogP contribution in [0.1, 0.15) is 131 Å². The highest BCUT2D eigenvalue weighted by atomic mass is 15.2. The first-order valence-corrected chi connectivity index (χ1v) is 35.0. The average molecular weight is 1250 g/mol. The van der Waals surface area contributed by atoms with Gasteiger partial charge in [0.05, 0.1) is 0 Å². The summed E-state index contributed by atoms with van der Waals surface area (Å²) in [6.45, 7) is 28.4. The Labute approximate surface area is 548 Å². The van der Waals surface area contributed by atoms with E-state index >= 15 is 0 Å². The molecule has 0 aromatic heterocycles. The van der Waals surface area contributed by atoms with Crippen LogP contribution in [0.2, 0.25) is 0 Å². The largest absolute Gasteiger partial charge is 0.318 e. The molecular weight excluding hydrogens is 1090 g/mol. The zero-order valence-electron chi connectivity index (χ0n) is 63.3. The zero-order valence-corrected chi connectivity index (χ0v) is 63.3. The van der Waals surface area contributed by atoms with Crippen LogP contribution in [0.5, 0.6) is 0 Å². The van der Waals surface area contributed by atoms with E-state index in [0.717, 1.165) is 49.3 Å². The van der Waals surface area contributed by atoms with Crippen molar-refractivity contribution in [2.45, 2.75) is 190 Å². The van der Waals surface area contributed by atoms with E-state index in [4.69, 9.17) is 0 Å². The van der Waals surface area contributed by atoms with E-state index in [9.17, 15) is 0 Å². The minimum absolute atomic E-state index is 0.296. The fourth-order valence-electron chi connectivity index (χ4n) is 13.0. The molecule has 0 saturated carbocycles. The Balaban J connectivity index is 0.000000489. The fraction of sp³-hybridized carbons (Fsp3) is 0.915. The quantitative estimate of drug-likeness (QED) is 0.111. The number of likely N-dealkylation sites (tertiary alicyclic amines) is 7. The Morgan fingerprint density at radius 3 is 1.20 bits per heavy atom. The van der Waals surface area contributed by atoms with E-state index in [1.54, 1.807) is 5.57 Å². The molecule has 10 atom stereocenters. The normalized spacial score (nSPS) is 30.5. The molecule has 0 bridgehead atoms. The van der Waals surface area contributed by atoms with Crippen molar-refractivity contribution in [3.8, 4) is 0 Å². The maximum Gasteiger partial charge on any atom is 0.0338 e. The first-order valence-electron chi connectivity index (χ1n) is 35.0. The van der Waals surface area contributed by atoms with Gasteiger partial charge in [-0.2, -0.15) is 0 Å². The van der Waals surface area contributed by atoms with Crippen molar-refractivity contribution >= 4 is 0 Å². The number of hydrogen-bond donors (Lipinski definition) is 6. The molecule has 17 heteroatoms. The summed E-state index contributed by atoms with van der Waals surface area (Å²) in [7, 11) is 44.6. The summed E-state index contributed by atoms with van der Waals surface area (Å²) >= 11 is 0. The number of likely N-dealkylation sites (N-methyl/N-ethyl adjacent to an activating group) is 17. The maximum atomic E-state index is 3.33. The van der Waals surface area contributed by atoms with Gasteiger partial charge in [-0.25, -0.2) is 0 Å². The first kappa shape index (κ1) is 84.6.